The standard InChI is InChI=1S/C11H22N4O4/c16-9(10(17)18)1-2-13-11(19)14-5-8-15-6-3-12-4-7-15/h9,12,16H,1-8H2,(H,17,18)(H2,13,14,19)/t9-/m0/s1. The number of aliphatic hydroxyl groups is 1. The van der Waals surface area contributed by atoms with Gasteiger partial charge in [0.05, 0.1) is 0 Å². The Balaban J connectivity index is 1.99. The number of carbonyl (C=O) groups excluding carboxylic acids is 1. The van der Waals surface area contributed by atoms with E-state index in [-0.39, 0.29) is 19.0 Å². The molecule has 0 aromatic rings. The highest BCUT2D eigenvalue weighted by Gasteiger charge is 2.13. The summed E-state index contributed by atoms with van der Waals surface area (Å²) >= 11 is 0. The molecule has 1 saturated heterocycles. The zero-order valence-corrected chi connectivity index (χ0v) is 10.9. The number of amides is 2. The van der Waals surface area contributed by atoms with Gasteiger partial charge in [0.25, 0.3) is 0 Å². The minimum absolute atomic E-state index is 0.000543. The predicted molar refractivity (Wildman–Crippen MR) is 69.0 cm³/mol. The van der Waals surface area contributed by atoms with E-state index in [0.717, 1.165) is 32.7 Å². The zero-order valence-electron chi connectivity index (χ0n) is 10.9. The lowest BCUT2D eigenvalue weighted by molar-refractivity contribution is -0.146. The van der Waals surface area contributed by atoms with Crippen molar-refractivity contribution in [1.82, 2.24) is 20.9 Å². The van der Waals surface area contributed by atoms with Crippen LogP contribution in [0.15, 0.2) is 0 Å². The third-order valence-corrected chi connectivity index (χ3v) is 2.91. The number of aliphatic hydroxyl groups excluding tert-OH is 1. The van der Waals surface area contributed by atoms with Crippen LogP contribution in [0.1, 0.15) is 6.42 Å². The molecule has 1 aliphatic heterocycles. The Morgan fingerprint density at radius 1 is 1.21 bits per heavy atom. The van der Waals surface area contributed by atoms with Crippen molar-refractivity contribution in [3.8, 4) is 0 Å². The van der Waals surface area contributed by atoms with E-state index in [4.69, 9.17) is 10.2 Å². The number of aliphatic carboxylic acids is 1. The number of nitrogens with zero attached hydrogens (tertiary/aromatic N) is 1. The Kier molecular flexibility index (Phi) is 7.16. The van der Waals surface area contributed by atoms with Crippen molar-refractivity contribution < 1.29 is 19.8 Å². The number of hydrogen-bond donors (Lipinski definition) is 5. The highest BCUT2D eigenvalue weighted by Crippen LogP contribution is 1.90. The quantitative estimate of drug-likeness (QED) is 0.368. The molecule has 1 heterocycles. The van der Waals surface area contributed by atoms with Gasteiger partial charge in [-0.2, -0.15) is 0 Å². The van der Waals surface area contributed by atoms with Crippen LogP contribution in [0.5, 0.6) is 0 Å². The van der Waals surface area contributed by atoms with Crippen molar-refractivity contribution in [2.75, 3.05) is 45.8 Å². The van der Waals surface area contributed by atoms with Gasteiger partial charge < -0.3 is 26.2 Å². The first-order valence-electron chi connectivity index (χ1n) is 6.45. The van der Waals surface area contributed by atoms with Gasteiger partial charge in [-0.1, -0.05) is 0 Å². The molecule has 0 bridgehead atoms. The largest absolute Gasteiger partial charge is 0.479 e. The Labute approximate surface area is 112 Å². The normalized spacial score (nSPS) is 17.7. The molecule has 0 aromatic heterocycles. The van der Waals surface area contributed by atoms with Gasteiger partial charge >= 0.3 is 12.0 Å². The van der Waals surface area contributed by atoms with Gasteiger partial charge in [0.2, 0.25) is 0 Å². The number of hydrogen-bond acceptors (Lipinski definition) is 5. The molecule has 0 radical (unpaired) electrons. The average molecular weight is 274 g/mol. The van der Waals surface area contributed by atoms with Crippen LogP contribution >= 0.6 is 0 Å². The molecule has 0 spiro atoms. The molecular weight excluding hydrogens is 252 g/mol. The first-order valence-corrected chi connectivity index (χ1v) is 6.45. The number of carboxylic acids is 1. The summed E-state index contributed by atoms with van der Waals surface area (Å²) in [4.78, 5) is 23.9. The molecule has 8 heteroatoms. The van der Waals surface area contributed by atoms with Crippen LogP contribution in [0.25, 0.3) is 0 Å². The summed E-state index contributed by atoms with van der Waals surface area (Å²) < 4.78 is 0. The van der Waals surface area contributed by atoms with Crippen molar-refractivity contribution in [2.24, 2.45) is 0 Å². The van der Waals surface area contributed by atoms with E-state index in [1.807, 2.05) is 0 Å². The predicted octanol–water partition coefficient (Wildman–Crippen LogP) is -1.97. The molecule has 1 fully saturated rings. The Morgan fingerprint density at radius 3 is 2.47 bits per heavy atom. The summed E-state index contributed by atoms with van der Waals surface area (Å²) in [5.41, 5.74) is 0. The summed E-state index contributed by atoms with van der Waals surface area (Å²) in [6.45, 7) is 5.38. The first kappa shape index (κ1) is 15.7. The lowest BCUT2D eigenvalue weighted by Gasteiger charge is -2.27. The number of carboxylic acid groups (broad SMARTS) is 1. The van der Waals surface area contributed by atoms with Crippen molar-refractivity contribution in [2.45, 2.75) is 12.5 Å². The number of urea groups is 1. The fraction of sp³-hybridized carbons (Fsp3) is 0.818. The van der Waals surface area contributed by atoms with Gasteiger partial charge in [-0.3, -0.25) is 4.90 Å². The first-order chi connectivity index (χ1) is 9.09. The fourth-order valence-electron chi connectivity index (χ4n) is 1.77. The maximum absolute atomic E-state index is 11.4. The second-order valence-electron chi connectivity index (χ2n) is 4.42. The molecule has 1 rings (SSSR count). The summed E-state index contributed by atoms with van der Waals surface area (Å²) in [6.07, 6.45) is -1.43. The minimum atomic E-state index is -1.43. The van der Waals surface area contributed by atoms with E-state index in [1.165, 1.54) is 0 Å². The van der Waals surface area contributed by atoms with Crippen molar-refractivity contribution >= 4 is 12.0 Å². The molecule has 0 saturated carbocycles. The van der Waals surface area contributed by atoms with Crippen molar-refractivity contribution in [1.29, 1.82) is 0 Å². The molecule has 1 atom stereocenters. The third kappa shape index (κ3) is 6.94. The van der Waals surface area contributed by atoms with E-state index in [0.29, 0.717) is 6.54 Å². The lowest BCUT2D eigenvalue weighted by Crippen LogP contribution is -2.47. The Bertz CT molecular complexity index is 294. The van der Waals surface area contributed by atoms with E-state index in [1.54, 1.807) is 0 Å². The van der Waals surface area contributed by atoms with Crippen LogP contribution in [-0.4, -0.2) is 79.0 Å². The molecule has 5 N–H and O–H groups in total. The molecule has 0 unspecified atom stereocenters. The minimum Gasteiger partial charge on any atom is -0.479 e. The lowest BCUT2D eigenvalue weighted by atomic mass is 10.2. The third-order valence-electron chi connectivity index (χ3n) is 2.91. The number of nitrogens with one attached hydrogen (secondary N) is 3. The highest BCUT2D eigenvalue weighted by molar-refractivity contribution is 5.74. The van der Waals surface area contributed by atoms with Gasteiger partial charge in [-0.05, 0) is 0 Å². The summed E-state index contributed by atoms with van der Waals surface area (Å²) in [5, 5.41) is 25.9. The molecule has 1 aliphatic rings. The second kappa shape index (κ2) is 8.68. The highest BCUT2D eigenvalue weighted by atomic mass is 16.4. The maximum atomic E-state index is 11.4. The number of piperazine rings is 1. The van der Waals surface area contributed by atoms with Crippen molar-refractivity contribution in [3.05, 3.63) is 0 Å². The SMILES string of the molecule is O=C(NCC[C@H](O)C(=O)O)NCCN1CCNCC1. The van der Waals surface area contributed by atoms with Crippen LogP contribution in [0, 0.1) is 0 Å². The molecule has 2 amide bonds. The molecule has 0 aliphatic carbocycles. The summed E-state index contributed by atoms with van der Waals surface area (Å²) in [7, 11) is 0. The number of carbonyl (C=O) groups is 2. The van der Waals surface area contributed by atoms with Crippen LogP contribution in [-0.2, 0) is 4.79 Å². The van der Waals surface area contributed by atoms with Crippen LogP contribution < -0.4 is 16.0 Å². The second-order valence-corrected chi connectivity index (χ2v) is 4.42. The van der Waals surface area contributed by atoms with Gasteiger partial charge in [0.15, 0.2) is 6.10 Å². The van der Waals surface area contributed by atoms with Gasteiger partial charge in [0, 0.05) is 52.2 Å². The fourth-order valence-corrected chi connectivity index (χ4v) is 1.77. The zero-order chi connectivity index (χ0) is 14.1. The van der Waals surface area contributed by atoms with E-state index < -0.39 is 12.1 Å². The maximum Gasteiger partial charge on any atom is 0.332 e. The van der Waals surface area contributed by atoms with Gasteiger partial charge in [-0.25, -0.2) is 9.59 Å². The topological polar surface area (TPSA) is 114 Å². The molecular formula is C11H22N4O4. The van der Waals surface area contributed by atoms with Gasteiger partial charge in [0.1, 0.15) is 0 Å². The smallest absolute Gasteiger partial charge is 0.332 e. The Hall–Kier alpha value is -1.38. The van der Waals surface area contributed by atoms with Crippen LogP contribution in [0.3, 0.4) is 0 Å². The average Bonchev–Trinajstić information content (AvgIpc) is 2.39. The Morgan fingerprint density at radius 2 is 1.84 bits per heavy atom. The van der Waals surface area contributed by atoms with Crippen LogP contribution in [0.4, 0.5) is 4.79 Å². The van der Waals surface area contributed by atoms with E-state index in [2.05, 4.69) is 20.9 Å². The molecule has 0 aromatic carbocycles. The van der Waals surface area contributed by atoms with Crippen molar-refractivity contribution in [3.63, 3.8) is 0 Å². The summed E-state index contributed by atoms with van der Waals surface area (Å²) in [5.74, 6) is -1.28. The van der Waals surface area contributed by atoms with Crippen LogP contribution in [0.2, 0.25) is 0 Å². The summed E-state index contributed by atoms with van der Waals surface area (Å²) in [6, 6.07) is -0.340. The molecule has 8 nitrogen and oxygen atoms in total. The molecule has 19 heavy (non-hydrogen) atoms. The van der Waals surface area contributed by atoms with Gasteiger partial charge in [-0.15, -0.1) is 0 Å². The molecule has 110 valence electrons. The monoisotopic (exact) mass is 274 g/mol. The number of rotatable bonds is 7. The van der Waals surface area contributed by atoms with E-state index >= 15 is 0 Å². The van der Waals surface area contributed by atoms with E-state index in [9.17, 15) is 9.59 Å².